The van der Waals surface area contributed by atoms with E-state index >= 15 is 0 Å². The average molecular weight is 338 g/mol. The molecule has 0 fully saturated rings. The molecule has 0 spiro atoms. The van der Waals surface area contributed by atoms with Crippen LogP contribution in [0.15, 0.2) is 51.6 Å². The number of benzene rings is 1. The smallest absolute Gasteiger partial charge is 0.254 e. The first kappa shape index (κ1) is 14.8. The number of halogens is 1. The molecule has 0 saturated carbocycles. The van der Waals surface area contributed by atoms with Crippen LogP contribution in [-0.2, 0) is 11.3 Å². The van der Waals surface area contributed by atoms with Crippen LogP contribution in [0.1, 0.15) is 16.1 Å². The van der Waals surface area contributed by atoms with Crippen LogP contribution in [0.2, 0.25) is 0 Å². The second-order valence-electron chi connectivity index (χ2n) is 4.31. The molecule has 1 aromatic heterocycles. The molecule has 2 aromatic rings. The van der Waals surface area contributed by atoms with Gasteiger partial charge >= 0.3 is 0 Å². The Labute approximate surface area is 126 Å². The molecule has 0 saturated heterocycles. The van der Waals surface area contributed by atoms with Gasteiger partial charge < -0.3 is 14.1 Å². The summed E-state index contributed by atoms with van der Waals surface area (Å²) in [7, 11) is 1.62. The number of furan rings is 1. The van der Waals surface area contributed by atoms with E-state index in [0.717, 1.165) is 10.2 Å². The summed E-state index contributed by atoms with van der Waals surface area (Å²) in [6.45, 7) is 1.44. The van der Waals surface area contributed by atoms with Gasteiger partial charge in [0.15, 0.2) is 0 Å². The first-order valence-electron chi connectivity index (χ1n) is 6.27. The maximum Gasteiger partial charge on any atom is 0.254 e. The van der Waals surface area contributed by atoms with E-state index in [0.29, 0.717) is 25.3 Å². The van der Waals surface area contributed by atoms with E-state index in [4.69, 9.17) is 9.15 Å². The molecule has 0 unspecified atom stereocenters. The Bertz CT molecular complexity index is 537. The summed E-state index contributed by atoms with van der Waals surface area (Å²) < 4.78 is 11.3. The Morgan fingerprint density at radius 2 is 2.05 bits per heavy atom. The van der Waals surface area contributed by atoms with Crippen molar-refractivity contribution in [3.05, 3.63) is 58.5 Å². The quantitative estimate of drug-likeness (QED) is 0.811. The summed E-state index contributed by atoms with van der Waals surface area (Å²) in [4.78, 5) is 14.2. The Kier molecular flexibility index (Phi) is 5.38. The highest BCUT2D eigenvalue weighted by molar-refractivity contribution is 9.10. The SMILES string of the molecule is COCCN(Cc1ccco1)C(=O)c1ccc(Br)cc1. The number of carbonyl (C=O) groups is 1. The molecule has 0 atom stereocenters. The molecule has 0 N–H and O–H groups in total. The number of ether oxygens (including phenoxy) is 1. The number of methoxy groups -OCH3 is 1. The maximum absolute atomic E-state index is 12.5. The molecule has 1 amide bonds. The van der Waals surface area contributed by atoms with E-state index in [2.05, 4.69) is 15.9 Å². The highest BCUT2D eigenvalue weighted by Gasteiger charge is 2.16. The molecule has 1 heterocycles. The van der Waals surface area contributed by atoms with Gasteiger partial charge in [0.1, 0.15) is 5.76 Å². The number of rotatable bonds is 6. The summed E-state index contributed by atoms with van der Waals surface area (Å²) in [5.74, 6) is 0.720. The van der Waals surface area contributed by atoms with Crippen LogP contribution in [0.5, 0.6) is 0 Å². The van der Waals surface area contributed by atoms with Crippen molar-refractivity contribution in [3.63, 3.8) is 0 Å². The molecular weight excluding hydrogens is 322 g/mol. The fourth-order valence-electron chi connectivity index (χ4n) is 1.82. The summed E-state index contributed by atoms with van der Waals surface area (Å²) in [5, 5.41) is 0. The van der Waals surface area contributed by atoms with Gasteiger partial charge in [-0.1, -0.05) is 15.9 Å². The van der Waals surface area contributed by atoms with Crippen molar-refractivity contribution in [1.82, 2.24) is 4.90 Å². The second kappa shape index (κ2) is 7.26. The minimum Gasteiger partial charge on any atom is -0.467 e. The number of hydrogen-bond donors (Lipinski definition) is 0. The lowest BCUT2D eigenvalue weighted by Gasteiger charge is -2.21. The van der Waals surface area contributed by atoms with E-state index in [-0.39, 0.29) is 5.91 Å². The zero-order valence-electron chi connectivity index (χ0n) is 11.2. The number of carbonyl (C=O) groups excluding carboxylic acids is 1. The summed E-state index contributed by atoms with van der Waals surface area (Å²) in [6, 6.07) is 11.0. The van der Waals surface area contributed by atoms with Gasteiger partial charge in [-0.3, -0.25) is 4.79 Å². The fourth-order valence-corrected chi connectivity index (χ4v) is 2.08. The highest BCUT2D eigenvalue weighted by atomic mass is 79.9. The van der Waals surface area contributed by atoms with Crippen LogP contribution in [0.25, 0.3) is 0 Å². The van der Waals surface area contributed by atoms with Gasteiger partial charge in [0.05, 0.1) is 19.4 Å². The van der Waals surface area contributed by atoms with Crippen LogP contribution in [-0.4, -0.2) is 31.1 Å². The molecule has 0 aliphatic rings. The van der Waals surface area contributed by atoms with Crippen molar-refractivity contribution in [2.75, 3.05) is 20.3 Å². The van der Waals surface area contributed by atoms with E-state index in [9.17, 15) is 4.79 Å². The predicted octanol–water partition coefficient (Wildman–Crippen LogP) is 3.33. The molecular formula is C15H16BrNO3. The van der Waals surface area contributed by atoms with Crippen LogP contribution in [0, 0.1) is 0 Å². The van der Waals surface area contributed by atoms with E-state index in [1.54, 1.807) is 30.4 Å². The van der Waals surface area contributed by atoms with Crippen molar-refractivity contribution in [3.8, 4) is 0 Å². The van der Waals surface area contributed by atoms with Crippen LogP contribution < -0.4 is 0 Å². The van der Waals surface area contributed by atoms with Gasteiger partial charge in [-0.2, -0.15) is 0 Å². The average Bonchev–Trinajstić information content (AvgIpc) is 2.96. The topological polar surface area (TPSA) is 42.7 Å². The third-order valence-electron chi connectivity index (χ3n) is 2.87. The molecule has 0 bridgehead atoms. The zero-order chi connectivity index (χ0) is 14.4. The van der Waals surface area contributed by atoms with Crippen LogP contribution >= 0.6 is 15.9 Å². The van der Waals surface area contributed by atoms with Gasteiger partial charge in [-0.25, -0.2) is 0 Å². The second-order valence-corrected chi connectivity index (χ2v) is 5.22. The lowest BCUT2D eigenvalue weighted by atomic mass is 10.2. The predicted molar refractivity (Wildman–Crippen MR) is 79.5 cm³/mol. The number of hydrogen-bond acceptors (Lipinski definition) is 3. The molecule has 0 aliphatic heterocycles. The molecule has 4 nitrogen and oxygen atoms in total. The third kappa shape index (κ3) is 3.95. The van der Waals surface area contributed by atoms with Gasteiger partial charge in [0, 0.05) is 23.7 Å². The maximum atomic E-state index is 12.5. The number of amides is 1. The molecule has 2 rings (SSSR count). The molecule has 1 aromatic carbocycles. The largest absolute Gasteiger partial charge is 0.467 e. The van der Waals surface area contributed by atoms with Gasteiger partial charge in [0.25, 0.3) is 5.91 Å². The van der Waals surface area contributed by atoms with Crippen molar-refractivity contribution in [2.24, 2.45) is 0 Å². The molecule has 0 aliphatic carbocycles. The Hall–Kier alpha value is -1.59. The van der Waals surface area contributed by atoms with Crippen molar-refractivity contribution in [1.29, 1.82) is 0 Å². The fraction of sp³-hybridized carbons (Fsp3) is 0.267. The van der Waals surface area contributed by atoms with E-state index < -0.39 is 0 Å². The van der Waals surface area contributed by atoms with E-state index in [1.165, 1.54) is 0 Å². The van der Waals surface area contributed by atoms with Gasteiger partial charge in [-0.05, 0) is 36.4 Å². The minimum absolute atomic E-state index is 0.0362. The van der Waals surface area contributed by atoms with Gasteiger partial charge in [0.2, 0.25) is 0 Å². The van der Waals surface area contributed by atoms with Gasteiger partial charge in [-0.15, -0.1) is 0 Å². The Balaban J connectivity index is 2.12. The van der Waals surface area contributed by atoms with Crippen LogP contribution in [0.3, 0.4) is 0 Å². The lowest BCUT2D eigenvalue weighted by Crippen LogP contribution is -2.33. The van der Waals surface area contributed by atoms with Crippen molar-refractivity contribution < 1.29 is 13.9 Å². The zero-order valence-corrected chi connectivity index (χ0v) is 12.8. The molecule has 20 heavy (non-hydrogen) atoms. The summed E-state index contributed by atoms with van der Waals surface area (Å²) >= 11 is 3.36. The normalized spacial score (nSPS) is 10.5. The first-order valence-corrected chi connectivity index (χ1v) is 7.06. The van der Waals surface area contributed by atoms with E-state index in [1.807, 2.05) is 24.3 Å². The molecule has 0 radical (unpaired) electrons. The van der Waals surface area contributed by atoms with Crippen LogP contribution in [0.4, 0.5) is 0 Å². The Morgan fingerprint density at radius 1 is 1.30 bits per heavy atom. The summed E-state index contributed by atoms with van der Waals surface area (Å²) in [5.41, 5.74) is 0.649. The first-order chi connectivity index (χ1) is 9.70. The lowest BCUT2D eigenvalue weighted by molar-refractivity contribution is 0.0666. The Morgan fingerprint density at radius 3 is 2.65 bits per heavy atom. The summed E-state index contributed by atoms with van der Waals surface area (Å²) in [6.07, 6.45) is 1.61. The minimum atomic E-state index is -0.0362. The van der Waals surface area contributed by atoms with Crippen molar-refractivity contribution >= 4 is 21.8 Å². The monoisotopic (exact) mass is 337 g/mol. The third-order valence-corrected chi connectivity index (χ3v) is 3.40. The number of nitrogens with zero attached hydrogens (tertiary/aromatic N) is 1. The molecule has 106 valence electrons. The van der Waals surface area contributed by atoms with Crippen molar-refractivity contribution in [2.45, 2.75) is 6.54 Å². The molecule has 5 heteroatoms. The standard InChI is InChI=1S/C15H16BrNO3/c1-19-10-8-17(11-14-3-2-9-20-14)15(18)12-4-6-13(16)7-5-12/h2-7,9H,8,10-11H2,1H3. The highest BCUT2D eigenvalue weighted by Crippen LogP contribution is 2.14.